The van der Waals surface area contributed by atoms with Crippen molar-refractivity contribution in [1.29, 1.82) is 0 Å². The summed E-state index contributed by atoms with van der Waals surface area (Å²) in [5, 5.41) is 2.90. The topological polar surface area (TPSA) is 71.0 Å². The summed E-state index contributed by atoms with van der Waals surface area (Å²) in [6.45, 7) is 4.56. The molecule has 0 spiro atoms. The molecule has 0 atom stereocenters. The van der Waals surface area contributed by atoms with Crippen LogP contribution in [0.25, 0.3) is 0 Å². The van der Waals surface area contributed by atoms with Gasteiger partial charge in [-0.2, -0.15) is 0 Å². The number of nitrogens with zero attached hydrogens (tertiary/aromatic N) is 4. The maximum absolute atomic E-state index is 12.6. The molecule has 138 valence electrons. The summed E-state index contributed by atoms with van der Waals surface area (Å²) in [7, 11) is 1.96. The summed E-state index contributed by atoms with van der Waals surface area (Å²) in [6.07, 6.45) is 4.45. The Labute approximate surface area is 159 Å². The Kier molecular flexibility index (Phi) is 5.76. The summed E-state index contributed by atoms with van der Waals surface area (Å²) in [5.74, 6) is 1.05. The quantitative estimate of drug-likeness (QED) is 0.728. The van der Waals surface area contributed by atoms with E-state index in [1.54, 1.807) is 25.4 Å². The highest BCUT2D eigenvalue weighted by Crippen LogP contribution is 2.15. The van der Waals surface area contributed by atoms with Crippen LogP contribution >= 0.6 is 0 Å². The molecule has 1 N–H and O–H groups in total. The number of rotatable bonds is 6. The number of aromatic nitrogens is 3. The number of hydrogen-bond donors (Lipinski definition) is 1. The number of nitrogens with one attached hydrogen (secondary N) is 1. The Bertz CT molecular complexity index is 927. The number of anilines is 2. The zero-order valence-corrected chi connectivity index (χ0v) is 15.8. The summed E-state index contributed by atoms with van der Waals surface area (Å²) >= 11 is 0. The minimum absolute atomic E-state index is 0.241. The number of carbonyl (C=O) groups excluding carboxylic acids is 1. The third-order valence-corrected chi connectivity index (χ3v) is 4.21. The van der Waals surface area contributed by atoms with Crippen LogP contribution in [0.2, 0.25) is 0 Å². The molecular formula is C21H23N5O. The second kappa shape index (κ2) is 8.40. The standard InChI is InChI=1S/C21H23N5O/c1-15-5-4-6-18(13-15)25-21(27)19-14-20(24-16(2)23-19)26(3)12-9-17-7-10-22-11-8-17/h4-8,10-11,13-14H,9,12H2,1-3H3,(H,25,27). The smallest absolute Gasteiger partial charge is 0.274 e. The highest BCUT2D eigenvalue weighted by molar-refractivity contribution is 6.03. The summed E-state index contributed by atoms with van der Waals surface area (Å²) in [6, 6.07) is 13.4. The molecule has 1 aromatic carbocycles. The number of aryl methyl sites for hydroxylation is 2. The molecule has 0 bridgehead atoms. The molecule has 0 unspecified atom stereocenters. The number of hydrogen-bond acceptors (Lipinski definition) is 5. The largest absolute Gasteiger partial charge is 0.359 e. The molecule has 0 saturated heterocycles. The summed E-state index contributed by atoms with van der Waals surface area (Å²) in [4.78, 5) is 27.4. The normalized spacial score (nSPS) is 10.5. The molecule has 0 fully saturated rings. The highest BCUT2D eigenvalue weighted by Gasteiger charge is 2.13. The van der Waals surface area contributed by atoms with E-state index in [4.69, 9.17) is 0 Å². The molecule has 3 aromatic rings. The van der Waals surface area contributed by atoms with Crippen LogP contribution in [-0.4, -0.2) is 34.5 Å². The maximum Gasteiger partial charge on any atom is 0.274 e. The van der Waals surface area contributed by atoms with Crippen molar-refractivity contribution in [1.82, 2.24) is 15.0 Å². The monoisotopic (exact) mass is 361 g/mol. The fourth-order valence-electron chi connectivity index (χ4n) is 2.74. The Morgan fingerprint density at radius 2 is 1.85 bits per heavy atom. The van der Waals surface area contributed by atoms with Gasteiger partial charge in [0.25, 0.3) is 5.91 Å². The van der Waals surface area contributed by atoms with Gasteiger partial charge in [-0.15, -0.1) is 0 Å². The van der Waals surface area contributed by atoms with Gasteiger partial charge in [-0.05, 0) is 55.7 Å². The first-order chi connectivity index (χ1) is 13.0. The number of likely N-dealkylation sites (N-methyl/N-ethyl adjacent to an activating group) is 1. The molecule has 0 aliphatic carbocycles. The van der Waals surface area contributed by atoms with Gasteiger partial charge in [0.2, 0.25) is 0 Å². The molecule has 3 rings (SSSR count). The number of pyridine rings is 1. The lowest BCUT2D eigenvalue weighted by molar-refractivity contribution is 0.102. The van der Waals surface area contributed by atoms with E-state index in [-0.39, 0.29) is 5.91 Å². The minimum atomic E-state index is -0.241. The van der Waals surface area contributed by atoms with Crippen LogP contribution in [0.1, 0.15) is 27.4 Å². The van der Waals surface area contributed by atoms with Gasteiger partial charge < -0.3 is 10.2 Å². The van der Waals surface area contributed by atoms with Crippen molar-refractivity contribution in [2.45, 2.75) is 20.3 Å². The Morgan fingerprint density at radius 1 is 1.07 bits per heavy atom. The summed E-state index contributed by atoms with van der Waals surface area (Å²) < 4.78 is 0. The molecule has 0 aliphatic heterocycles. The van der Waals surface area contributed by atoms with Crippen LogP contribution < -0.4 is 10.2 Å². The molecule has 0 saturated carbocycles. The van der Waals surface area contributed by atoms with Crippen LogP contribution in [0.4, 0.5) is 11.5 Å². The second-order valence-corrected chi connectivity index (χ2v) is 6.51. The van der Waals surface area contributed by atoms with Crippen LogP contribution in [0, 0.1) is 13.8 Å². The van der Waals surface area contributed by atoms with E-state index in [0.29, 0.717) is 11.5 Å². The van der Waals surface area contributed by atoms with Gasteiger partial charge >= 0.3 is 0 Å². The first kappa shape index (κ1) is 18.5. The molecule has 1 amide bonds. The van der Waals surface area contributed by atoms with Crippen molar-refractivity contribution in [3.05, 3.63) is 77.5 Å². The third-order valence-electron chi connectivity index (χ3n) is 4.21. The Morgan fingerprint density at radius 3 is 2.59 bits per heavy atom. The van der Waals surface area contributed by atoms with Crippen LogP contribution in [0.15, 0.2) is 54.9 Å². The average molecular weight is 361 g/mol. The Balaban J connectivity index is 1.72. The van der Waals surface area contributed by atoms with E-state index in [2.05, 4.69) is 20.3 Å². The fourth-order valence-corrected chi connectivity index (χ4v) is 2.74. The summed E-state index contributed by atoms with van der Waals surface area (Å²) in [5.41, 5.74) is 3.40. The number of carbonyl (C=O) groups is 1. The van der Waals surface area contributed by atoms with Gasteiger partial charge in [-0.1, -0.05) is 12.1 Å². The lowest BCUT2D eigenvalue weighted by atomic mass is 10.2. The number of benzene rings is 1. The van der Waals surface area contributed by atoms with Crippen molar-refractivity contribution >= 4 is 17.4 Å². The van der Waals surface area contributed by atoms with Crippen LogP contribution in [0.3, 0.4) is 0 Å². The van der Waals surface area contributed by atoms with Crippen molar-refractivity contribution in [3.63, 3.8) is 0 Å². The van der Waals surface area contributed by atoms with Gasteiger partial charge in [0, 0.05) is 37.7 Å². The lowest BCUT2D eigenvalue weighted by Crippen LogP contribution is -2.23. The first-order valence-electron chi connectivity index (χ1n) is 8.85. The predicted molar refractivity (Wildman–Crippen MR) is 107 cm³/mol. The molecule has 6 heteroatoms. The van der Waals surface area contributed by atoms with Crippen molar-refractivity contribution in [3.8, 4) is 0 Å². The van der Waals surface area contributed by atoms with E-state index in [1.807, 2.05) is 55.3 Å². The predicted octanol–water partition coefficient (Wildman–Crippen LogP) is 3.42. The van der Waals surface area contributed by atoms with E-state index >= 15 is 0 Å². The van der Waals surface area contributed by atoms with Crippen LogP contribution in [-0.2, 0) is 6.42 Å². The SMILES string of the molecule is Cc1cccc(NC(=O)c2cc(N(C)CCc3ccncc3)nc(C)n2)c1. The minimum Gasteiger partial charge on any atom is -0.359 e. The molecule has 2 aromatic heterocycles. The molecule has 6 nitrogen and oxygen atoms in total. The van der Waals surface area contributed by atoms with E-state index in [0.717, 1.165) is 30.0 Å². The van der Waals surface area contributed by atoms with Crippen molar-refractivity contribution < 1.29 is 4.79 Å². The average Bonchev–Trinajstić information content (AvgIpc) is 2.66. The van der Waals surface area contributed by atoms with Crippen molar-refractivity contribution in [2.24, 2.45) is 0 Å². The number of amides is 1. The second-order valence-electron chi connectivity index (χ2n) is 6.51. The molecule has 2 heterocycles. The molecule has 0 aliphatic rings. The van der Waals surface area contributed by atoms with Crippen LogP contribution in [0.5, 0.6) is 0 Å². The van der Waals surface area contributed by atoms with E-state index in [1.165, 1.54) is 5.56 Å². The molecule has 27 heavy (non-hydrogen) atoms. The van der Waals surface area contributed by atoms with E-state index in [9.17, 15) is 4.79 Å². The van der Waals surface area contributed by atoms with Gasteiger partial charge in [-0.3, -0.25) is 9.78 Å². The van der Waals surface area contributed by atoms with Gasteiger partial charge in [0.1, 0.15) is 17.3 Å². The van der Waals surface area contributed by atoms with Crippen molar-refractivity contribution in [2.75, 3.05) is 23.8 Å². The lowest BCUT2D eigenvalue weighted by Gasteiger charge is -2.19. The highest BCUT2D eigenvalue weighted by atomic mass is 16.1. The third kappa shape index (κ3) is 5.10. The molecular weight excluding hydrogens is 338 g/mol. The first-order valence-corrected chi connectivity index (χ1v) is 8.85. The zero-order valence-electron chi connectivity index (χ0n) is 15.8. The van der Waals surface area contributed by atoms with Gasteiger partial charge in [0.15, 0.2) is 0 Å². The van der Waals surface area contributed by atoms with E-state index < -0.39 is 0 Å². The van der Waals surface area contributed by atoms with Gasteiger partial charge in [0.05, 0.1) is 0 Å². The maximum atomic E-state index is 12.6. The zero-order chi connectivity index (χ0) is 19.2. The molecule has 0 radical (unpaired) electrons. The Hall–Kier alpha value is -3.28. The van der Waals surface area contributed by atoms with Gasteiger partial charge in [-0.25, -0.2) is 9.97 Å². The fraction of sp³-hybridized carbons (Fsp3) is 0.238.